The quantitative estimate of drug-likeness (QED) is 0.487. The number of anilines is 1. The van der Waals surface area contributed by atoms with Crippen molar-refractivity contribution in [1.29, 1.82) is 0 Å². The molecule has 4 rings (SSSR count). The summed E-state index contributed by atoms with van der Waals surface area (Å²) in [7, 11) is 1.64. The van der Waals surface area contributed by atoms with Gasteiger partial charge in [0.25, 0.3) is 0 Å². The number of esters is 1. The van der Waals surface area contributed by atoms with Crippen molar-refractivity contribution in [1.82, 2.24) is 0 Å². The third kappa shape index (κ3) is 4.35. The predicted molar refractivity (Wildman–Crippen MR) is 123 cm³/mol. The van der Waals surface area contributed by atoms with Crippen molar-refractivity contribution >= 4 is 28.2 Å². The SMILES string of the molecule is CCOC(=O)c1c(NC(=O)C2CC2c2ccc(OC)cc2)sc(C)c1-c1ccccc1. The Bertz CT molecular complexity index is 1090. The Labute approximate surface area is 186 Å². The molecule has 3 aromatic rings. The minimum Gasteiger partial charge on any atom is -0.497 e. The molecule has 1 aliphatic rings. The van der Waals surface area contributed by atoms with Gasteiger partial charge in [0.15, 0.2) is 0 Å². The fourth-order valence-corrected chi connectivity index (χ4v) is 4.96. The lowest BCUT2D eigenvalue weighted by Crippen LogP contribution is -2.16. The van der Waals surface area contributed by atoms with E-state index >= 15 is 0 Å². The van der Waals surface area contributed by atoms with Gasteiger partial charge in [0, 0.05) is 16.4 Å². The van der Waals surface area contributed by atoms with Gasteiger partial charge in [-0.25, -0.2) is 4.79 Å². The van der Waals surface area contributed by atoms with E-state index in [2.05, 4.69) is 5.32 Å². The molecule has 2 aromatic carbocycles. The summed E-state index contributed by atoms with van der Waals surface area (Å²) in [6.07, 6.45) is 0.794. The molecule has 0 bridgehead atoms. The van der Waals surface area contributed by atoms with Crippen LogP contribution < -0.4 is 10.1 Å². The highest BCUT2D eigenvalue weighted by molar-refractivity contribution is 7.17. The van der Waals surface area contributed by atoms with Gasteiger partial charge in [-0.2, -0.15) is 0 Å². The summed E-state index contributed by atoms with van der Waals surface area (Å²) >= 11 is 1.42. The summed E-state index contributed by atoms with van der Waals surface area (Å²) in [5, 5.41) is 3.57. The van der Waals surface area contributed by atoms with Crippen LogP contribution in [0.5, 0.6) is 5.75 Å². The highest BCUT2D eigenvalue weighted by Crippen LogP contribution is 2.49. The van der Waals surface area contributed by atoms with E-state index in [1.54, 1.807) is 14.0 Å². The molecule has 1 aromatic heterocycles. The Morgan fingerprint density at radius 3 is 2.45 bits per heavy atom. The van der Waals surface area contributed by atoms with Crippen molar-refractivity contribution in [2.24, 2.45) is 5.92 Å². The standard InChI is InChI=1S/C25H25NO4S/c1-4-30-25(28)22-21(17-8-6-5-7-9-17)15(2)31-24(22)26-23(27)20-14-19(20)16-10-12-18(29-3)13-11-16/h5-13,19-20H,4,14H2,1-3H3,(H,26,27). The molecule has 0 aliphatic heterocycles. The van der Waals surface area contributed by atoms with Crippen LogP contribution >= 0.6 is 11.3 Å². The van der Waals surface area contributed by atoms with Crippen molar-refractivity contribution in [3.63, 3.8) is 0 Å². The largest absolute Gasteiger partial charge is 0.497 e. The first-order valence-electron chi connectivity index (χ1n) is 10.3. The minimum atomic E-state index is -0.413. The first-order chi connectivity index (χ1) is 15.0. The molecule has 5 nitrogen and oxygen atoms in total. The van der Waals surface area contributed by atoms with Gasteiger partial charge in [-0.1, -0.05) is 42.5 Å². The molecule has 1 saturated carbocycles. The van der Waals surface area contributed by atoms with Crippen LogP contribution in [0.2, 0.25) is 0 Å². The van der Waals surface area contributed by atoms with Gasteiger partial charge >= 0.3 is 5.97 Å². The molecule has 6 heteroatoms. The van der Waals surface area contributed by atoms with E-state index in [-0.39, 0.29) is 24.3 Å². The smallest absolute Gasteiger partial charge is 0.341 e. The molecule has 0 radical (unpaired) electrons. The van der Waals surface area contributed by atoms with Crippen LogP contribution in [-0.4, -0.2) is 25.6 Å². The van der Waals surface area contributed by atoms with E-state index < -0.39 is 5.97 Å². The topological polar surface area (TPSA) is 64.6 Å². The summed E-state index contributed by atoms with van der Waals surface area (Å²) in [4.78, 5) is 26.8. The lowest BCUT2D eigenvalue weighted by Gasteiger charge is -2.09. The lowest BCUT2D eigenvalue weighted by atomic mass is 10.0. The molecular formula is C25H25NO4S. The Morgan fingerprint density at radius 1 is 1.10 bits per heavy atom. The zero-order chi connectivity index (χ0) is 22.0. The number of ether oxygens (including phenoxy) is 2. The van der Waals surface area contributed by atoms with Gasteiger partial charge in [-0.15, -0.1) is 11.3 Å². The van der Waals surface area contributed by atoms with E-state index in [4.69, 9.17) is 9.47 Å². The van der Waals surface area contributed by atoms with Crippen molar-refractivity contribution in [3.8, 4) is 16.9 Å². The van der Waals surface area contributed by atoms with E-state index in [1.807, 2.05) is 61.5 Å². The molecule has 0 saturated heterocycles. The number of aryl methyl sites for hydroxylation is 1. The summed E-state index contributed by atoms with van der Waals surface area (Å²) in [5.74, 6) is 0.403. The zero-order valence-corrected chi connectivity index (χ0v) is 18.6. The number of rotatable bonds is 7. The minimum absolute atomic E-state index is 0.0628. The number of carbonyl (C=O) groups excluding carboxylic acids is 2. The molecule has 1 fully saturated rings. The number of carbonyl (C=O) groups is 2. The number of thiophene rings is 1. The highest BCUT2D eigenvalue weighted by atomic mass is 32.1. The molecule has 1 heterocycles. The van der Waals surface area contributed by atoms with Crippen molar-refractivity contribution < 1.29 is 19.1 Å². The fourth-order valence-electron chi connectivity index (χ4n) is 3.89. The third-order valence-electron chi connectivity index (χ3n) is 5.53. The van der Waals surface area contributed by atoms with Gasteiger partial charge in [-0.05, 0) is 49.4 Å². The molecule has 1 N–H and O–H groups in total. The lowest BCUT2D eigenvalue weighted by molar-refractivity contribution is -0.117. The number of benzene rings is 2. The van der Waals surface area contributed by atoms with Crippen LogP contribution in [0.4, 0.5) is 5.00 Å². The summed E-state index contributed by atoms with van der Waals surface area (Å²) < 4.78 is 10.5. The van der Waals surface area contributed by atoms with Gasteiger partial charge in [0.2, 0.25) is 5.91 Å². The second kappa shape index (κ2) is 8.94. The molecule has 160 valence electrons. The molecule has 2 atom stereocenters. The maximum Gasteiger partial charge on any atom is 0.341 e. The Hall–Kier alpha value is -3.12. The van der Waals surface area contributed by atoms with E-state index in [1.165, 1.54) is 11.3 Å². The predicted octanol–water partition coefficient (Wildman–Crippen LogP) is 5.65. The maximum absolute atomic E-state index is 13.0. The van der Waals surface area contributed by atoms with Crippen molar-refractivity contribution in [3.05, 3.63) is 70.6 Å². The second-order valence-corrected chi connectivity index (χ2v) is 8.76. The maximum atomic E-state index is 13.0. The van der Waals surface area contributed by atoms with Gasteiger partial charge in [0.1, 0.15) is 16.3 Å². The first kappa shape index (κ1) is 21.1. The Kier molecular flexibility index (Phi) is 6.09. The van der Waals surface area contributed by atoms with Crippen LogP contribution in [0.25, 0.3) is 11.1 Å². The van der Waals surface area contributed by atoms with Crippen LogP contribution in [-0.2, 0) is 9.53 Å². The van der Waals surface area contributed by atoms with Crippen LogP contribution in [0, 0.1) is 12.8 Å². The monoisotopic (exact) mass is 435 g/mol. The normalized spacial score (nSPS) is 17.1. The van der Waals surface area contributed by atoms with Crippen LogP contribution in [0.1, 0.15) is 40.1 Å². The summed E-state index contributed by atoms with van der Waals surface area (Å²) in [6, 6.07) is 17.6. The number of methoxy groups -OCH3 is 1. The second-order valence-electron chi connectivity index (χ2n) is 7.53. The average Bonchev–Trinajstić information content (AvgIpc) is 3.52. The Morgan fingerprint density at radius 2 is 1.81 bits per heavy atom. The zero-order valence-electron chi connectivity index (χ0n) is 17.8. The number of hydrogen-bond donors (Lipinski definition) is 1. The van der Waals surface area contributed by atoms with E-state index in [0.29, 0.717) is 10.6 Å². The van der Waals surface area contributed by atoms with Gasteiger partial charge in [0.05, 0.1) is 13.7 Å². The van der Waals surface area contributed by atoms with Gasteiger partial charge in [-0.3, -0.25) is 4.79 Å². The van der Waals surface area contributed by atoms with Crippen LogP contribution in [0.3, 0.4) is 0 Å². The average molecular weight is 436 g/mol. The fraction of sp³-hybridized carbons (Fsp3) is 0.280. The third-order valence-corrected chi connectivity index (χ3v) is 6.55. The van der Waals surface area contributed by atoms with Crippen molar-refractivity contribution in [2.75, 3.05) is 19.0 Å². The number of amides is 1. The number of nitrogens with one attached hydrogen (secondary N) is 1. The molecule has 0 spiro atoms. The van der Waals surface area contributed by atoms with E-state index in [9.17, 15) is 9.59 Å². The molecule has 1 amide bonds. The molecule has 31 heavy (non-hydrogen) atoms. The van der Waals surface area contributed by atoms with Gasteiger partial charge < -0.3 is 14.8 Å². The molecular weight excluding hydrogens is 410 g/mol. The molecule has 2 unspecified atom stereocenters. The van der Waals surface area contributed by atoms with Crippen molar-refractivity contribution in [2.45, 2.75) is 26.2 Å². The van der Waals surface area contributed by atoms with E-state index in [0.717, 1.165) is 33.7 Å². The van der Waals surface area contributed by atoms with Crippen LogP contribution in [0.15, 0.2) is 54.6 Å². The summed E-state index contributed by atoms with van der Waals surface area (Å²) in [6.45, 7) is 4.02. The number of hydrogen-bond acceptors (Lipinski definition) is 5. The molecule has 1 aliphatic carbocycles. The highest BCUT2D eigenvalue weighted by Gasteiger charge is 2.44. The summed E-state index contributed by atoms with van der Waals surface area (Å²) in [5.41, 5.74) is 3.31. The first-order valence-corrected chi connectivity index (χ1v) is 11.2. The Balaban J connectivity index is 1.58.